The molecule has 0 spiro atoms. The fourth-order valence-electron chi connectivity index (χ4n) is 3.13. The van der Waals surface area contributed by atoms with E-state index in [1.54, 1.807) is 11.3 Å². The second-order valence-electron chi connectivity index (χ2n) is 6.27. The van der Waals surface area contributed by atoms with Crippen molar-refractivity contribution in [1.82, 2.24) is 9.88 Å². The number of hydrogen-bond donors (Lipinski definition) is 1. The highest BCUT2D eigenvalue weighted by Crippen LogP contribution is 2.26. The Kier molecular flexibility index (Phi) is 4.78. The van der Waals surface area contributed by atoms with Gasteiger partial charge in [-0.3, -0.25) is 9.78 Å². The zero-order valence-corrected chi connectivity index (χ0v) is 14.3. The molecule has 1 N–H and O–H groups in total. The van der Waals surface area contributed by atoms with E-state index in [-0.39, 0.29) is 24.5 Å². The number of aliphatic hydroxyl groups excluding tert-OH is 1. The van der Waals surface area contributed by atoms with E-state index in [1.165, 1.54) is 0 Å². The van der Waals surface area contributed by atoms with Crippen molar-refractivity contribution in [2.75, 3.05) is 13.2 Å². The Labute approximate surface area is 140 Å². The summed E-state index contributed by atoms with van der Waals surface area (Å²) in [5.41, 5.74) is 3.41. The minimum Gasteiger partial charge on any atom is -0.396 e. The zero-order valence-electron chi connectivity index (χ0n) is 13.5. The minimum atomic E-state index is 0.0255. The molecule has 23 heavy (non-hydrogen) atoms. The van der Waals surface area contributed by atoms with Gasteiger partial charge in [0.2, 0.25) is 0 Å². The Hall–Kier alpha value is -1.72. The van der Waals surface area contributed by atoms with E-state index in [4.69, 9.17) is 0 Å². The Morgan fingerprint density at radius 3 is 2.87 bits per heavy atom. The van der Waals surface area contributed by atoms with Gasteiger partial charge < -0.3 is 10.0 Å². The van der Waals surface area contributed by atoms with E-state index in [2.05, 4.69) is 17.3 Å². The van der Waals surface area contributed by atoms with E-state index in [1.807, 2.05) is 35.4 Å². The lowest BCUT2D eigenvalue weighted by Gasteiger charge is -2.37. The summed E-state index contributed by atoms with van der Waals surface area (Å²) in [7, 11) is 0. The first-order chi connectivity index (χ1) is 11.1. The fourth-order valence-corrected chi connectivity index (χ4v) is 3.78. The Morgan fingerprint density at radius 2 is 2.22 bits per heavy atom. The van der Waals surface area contributed by atoms with Gasteiger partial charge in [0.05, 0.1) is 17.0 Å². The Balaban J connectivity index is 1.84. The first kappa shape index (κ1) is 16.1. The monoisotopic (exact) mass is 330 g/mol. The molecule has 122 valence electrons. The van der Waals surface area contributed by atoms with Crippen LogP contribution in [0.15, 0.2) is 29.0 Å². The third kappa shape index (κ3) is 3.31. The van der Waals surface area contributed by atoms with E-state index in [0.29, 0.717) is 12.1 Å². The first-order valence-corrected chi connectivity index (χ1v) is 8.96. The van der Waals surface area contributed by atoms with Gasteiger partial charge in [-0.05, 0) is 56.2 Å². The van der Waals surface area contributed by atoms with Crippen molar-refractivity contribution in [2.45, 2.75) is 32.7 Å². The van der Waals surface area contributed by atoms with Crippen molar-refractivity contribution in [1.29, 1.82) is 0 Å². The average Bonchev–Trinajstić information content (AvgIpc) is 3.09. The van der Waals surface area contributed by atoms with Crippen LogP contribution in [0.1, 0.15) is 35.8 Å². The number of thiophene rings is 1. The zero-order chi connectivity index (χ0) is 16.4. The number of carbonyl (C=O) groups is 1. The molecular weight excluding hydrogens is 308 g/mol. The molecule has 2 atom stereocenters. The van der Waals surface area contributed by atoms with E-state index < -0.39 is 0 Å². The molecule has 1 saturated heterocycles. The van der Waals surface area contributed by atoms with Crippen molar-refractivity contribution in [3.63, 3.8) is 0 Å². The summed E-state index contributed by atoms with van der Waals surface area (Å²) >= 11 is 1.64. The topological polar surface area (TPSA) is 53.4 Å². The second kappa shape index (κ2) is 6.81. The first-order valence-electron chi connectivity index (χ1n) is 8.02. The molecule has 3 rings (SSSR count). The molecule has 5 heteroatoms. The van der Waals surface area contributed by atoms with Crippen molar-refractivity contribution < 1.29 is 9.90 Å². The number of piperidine rings is 1. The van der Waals surface area contributed by atoms with Gasteiger partial charge in [-0.25, -0.2) is 0 Å². The summed E-state index contributed by atoms with van der Waals surface area (Å²) in [6, 6.07) is 6.04. The molecule has 1 amide bonds. The molecule has 1 fully saturated rings. The third-order valence-corrected chi connectivity index (χ3v) is 5.32. The van der Waals surface area contributed by atoms with E-state index in [0.717, 1.165) is 29.8 Å². The summed E-state index contributed by atoms with van der Waals surface area (Å²) < 4.78 is 0. The van der Waals surface area contributed by atoms with Gasteiger partial charge in [-0.1, -0.05) is 0 Å². The van der Waals surface area contributed by atoms with Crippen molar-refractivity contribution in [3.8, 4) is 11.3 Å². The summed E-state index contributed by atoms with van der Waals surface area (Å²) in [6.07, 6.45) is 1.92. The quantitative estimate of drug-likeness (QED) is 0.939. The van der Waals surface area contributed by atoms with Crippen LogP contribution < -0.4 is 0 Å². The standard InChI is InChI=1S/C18H22N2O2S/c1-12-3-4-14(10-21)9-20(12)18(22)16-5-6-17(19-13(16)2)15-7-8-23-11-15/h5-8,11-12,14,21H,3-4,9-10H2,1-2H3. The SMILES string of the molecule is Cc1nc(-c2ccsc2)ccc1C(=O)N1CC(CO)CCC1C. The van der Waals surface area contributed by atoms with Crippen LogP contribution in [-0.4, -0.2) is 40.1 Å². The number of aromatic nitrogens is 1. The third-order valence-electron chi connectivity index (χ3n) is 4.63. The lowest BCUT2D eigenvalue weighted by atomic mass is 9.93. The maximum Gasteiger partial charge on any atom is 0.255 e. The maximum absolute atomic E-state index is 12.9. The van der Waals surface area contributed by atoms with Gasteiger partial charge in [0, 0.05) is 30.1 Å². The number of aryl methyl sites for hydroxylation is 1. The highest BCUT2D eigenvalue weighted by Gasteiger charge is 2.30. The average molecular weight is 330 g/mol. The minimum absolute atomic E-state index is 0.0255. The van der Waals surface area contributed by atoms with Crippen LogP contribution in [0.2, 0.25) is 0 Å². The lowest BCUT2D eigenvalue weighted by Crippen LogP contribution is -2.46. The van der Waals surface area contributed by atoms with Crippen molar-refractivity contribution in [3.05, 3.63) is 40.2 Å². The van der Waals surface area contributed by atoms with Gasteiger partial charge >= 0.3 is 0 Å². The molecule has 0 bridgehead atoms. The molecule has 4 nitrogen and oxygen atoms in total. The summed E-state index contributed by atoms with van der Waals surface area (Å²) in [6.45, 7) is 4.74. The molecule has 3 heterocycles. The number of carbonyl (C=O) groups excluding carboxylic acids is 1. The highest BCUT2D eigenvalue weighted by atomic mass is 32.1. The molecule has 0 aliphatic carbocycles. The van der Waals surface area contributed by atoms with Crippen LogP contribution in [-0.2, 0) is 0 Å². The summed E-state index contributed by atoms with van der Waals surface area (Å²) in [5.74, 6) is 0.214. The van der Waals surface area contributed by atoms with Gasteiger partial charge in [0.1, 0.15) is 0 Å². The van der Waals surface area contributed by atoms with Gasteiger partial charge in [0.25, 0.3) is 5.91 Å². The fraction of sp³-hybridized carbons (Fsp3) is 0.444. The number of likely N-dealkylation sites (tertiary alicyclic amines) is 1. The predicted molar refractivity (Wildman–Crippen MR) is 92.6 cm³/mol. The smallest absolute Gasteiger partial charge is 0.255 e. The van der Waals surface area contributed by atoms with Crippen LogP contribution in [0.4, 0.5) is 0 Å². The number of rotatable bonds is 3. The van der Waals surface area contributed by atoms with Crippen LogP contribution in [0, 0.1) is 12.8 Å². The van der Waals surface area contributed by atoms with Crippen LogP contribution in [0.3, 0.4) is 0 Å². The number of aliphatic hydroxyl groups is 1. The van der Waals surface area contributed by atoms with Crippen molar-refractivity contribution >= 4 is 17.2 Å². The molecule has 2 aromatic heterocycles. The van der Waals surface area contributed by atoms with Crippen LogP contribution >= 0.6 is 11.3 Å². The lowest BCUT2D eigenvalue weighted by molar-refractivity contribution is 0.0488. The number of amides is 1. The molecule has 2 unspecified atom stereocenters. The molecule has 2 aromatic rings. The molecule has 0 saturated carbocycles. The van der Waals surface area contributed by atoms with Crippen molar-refractivity contribution in [2.24, 2.45) is 5.92 Å². The van der Waals surface area contributed by atoms with Crippen LogP contribution in [0.25, 0.3) is 11.3 Å². The summed E-state index contributed by atoms with van der Waals surface area (Å²) in [4.78, 5) is 19.4. The maximum atomic E-state index is 12.9. The van der Waals surface area contributed by atoms with Gasteiger partial charge in [-0.15, -0.1) is 0 Å². The van der Waals surface area contributed by atoms with Gasteiger partial charge in [0.15, 0.2) is 0 Å². The van der Waals surface area contributed by atoms with E-state index in [9.17, 15) is 9.90 Å². The molecule has 1 aliphatic heterocycles. The molecule has 0 aromatic carbocycles. The van der Waals surface area contributed by atoms with Gasteiger partial charge in [-0.2, -0.15) is 11.3 Å². The molecular formula is C18H22N2O2S. The number of nitrogens with zero attached hydrogens (tertiary/aromatic N) is 2. The predicted octanol–water partition coefficient (Wildman–Crippen LogP) is 3.35. The normalized spacial score (nSPS) is 21.4. The number of hydrogen-bond acceptors (Lipinski definition) is 4. The second-order valence-corrected chi connectivity index (χ2v) is 7.05. The van der Waals surface area contributed by atoms with E-state index >= 15 is 0 Å². The largest absolute Gasteiger partial charge is 0.396 e. The summed E-state index contributed by atoms with van der Waals surface area (Å²) in [5, 5.41) is 13.5. The van der Waals surface area contributed by atoms with Crippen LogP contribution in [0.5, 0.6) is 0 Å². The Morgan fingerprint density at radius 1 is 1.39 bits per heavy atom. The molecule has 0 radical (unpaired) electrons. The molecule has 1 aliphatic rings. The number of pyridine rings is 1. The highest BCUT2D eigenvalue weighted by molar-refractivity contribution is 7.08. The Bertz CT molecular complexity index is 684.